The molecule has 6 heteroatoms. The molecule has 1 aromatic heterocycles. The van der Waals surface area contributed by atoms with Crippen LogP contribution in [0.4, 0.5) is 13.2 Å². The van der Waals surface area contributed by atoms with E-state index in [9.17, 15) is 13.2 Å². The van der Waals surface area contributed by atoms with E-state index in [0.29, 0.717) is 23.6 Å². The highest BCUT2D eigenvalue weighted by molar-refractivity contribution is 5.70. The average Bonchev–Trinajstić information content (AvgIpc) is 3.17. The summed E-state index contributed by atoms with van der Waals surface area (Å²) in [6, 6.07) is 6.00. The van der Waals surface area contributed by atoms with E-state index in [1.165, 1.54) is 12.1 Å². The molecule has 0 unspecified atom stereocenters. The Hall–Kier alpha value is -1.98. The normalized spacial score (nSPS) is 15.2. The molecule has 112 valence electrons. The Balaban J connectivity index is 2.04. The van der Waals surface area contributed by atoms with Crippen LogP contribution in [0.3, 0.4) is 0 Å². The van der Waals surface area contributed by atoms with Crippen molar-refractivity contribution in [2.75, 3.05) is 0 Å². The van der Waals surface area contributed by atoms with Crippen molar-refractivity contribution in [1.82, 2.24) is 5.16 Å². The topological polar surface area (TPSA) is 35.3 Å². The predicted octanol–water partition coefficient (Wildman–Crippen LogP) is 4.68. The first-order valence-corrected chi connectivity index (χ1v) is 6.83. The minimum atomic E-state index is -4.73. The van der Waals surface area contributed by atoms with Crippen molar-refractivity contribution in [2.24, 2.45) is 0 Å². The molecule has 0 N–H and O–H groups in total. The molecule has 3 nitrogen and oxygen atoms in total. The summed E-state index contributed by atoms with van der Waals surface area (Å²) in [7, 11) is 0. The van der Waals surface area contributed by atoms with Gasteiger partial charge in [-0.3, -0.25) is 0 Å². The van der Waals surface area contributed by atoms with Gasteiger partial charge >= 0.3 is 6.36 Å². The molecule has 0 bridgehead atoms. The molecule has 0 aliphatic heterocycles. The van der Waals surface area contributed by atoms with Gasteiger partial charge in [0.1, 0.15) is 17.2 Å². The fourth-order valence-electron chi connectivity index (χ4n) is 2.42. The Kier molecular flexibility index (Phi) is 3.39. The van der Waals surface area contributed by atoms with Crippen LogP contribution in [0, 0.1) is 0 Å². The number of aromatic nitrogens is 1. The van der Waals surface area contributed by atoms with Gasteiger partial charge in [0, 0.05) is 17.0 Å². The average molecular weight is 297 g/mol. The van der Waals surface area contributed by atoms with Crippen LogP contribution < -0.4 is 4.74 Å². The van der Waals surface area contributed by atoms with Gasteiger partial charge in [-0.25, -0.2) is 0 Å². The molecule has 2 aromatic rings. The Morgan fingerprint density at radius 3 is 2.62 bits per heavy atom. The molecule has 0 radical (unpaired) electrons. The van der Waals surface area contributed by atoms with E-state index in [4.69, 9.17) is 4.52 Å². The maximum absolute atomic E-state index is 12.5. The monoisotopic (exact) mass is 297 g/mol. The molecule has 1 aliphatic carbocycles. The molecule has 0 atom stereocenters. The Morgan fingerprint density at radius 2 is 2.00 bits per heavy atom. The van der Waals surface area contributed by atoms with Crippen LogP contribution in [0.25, 0.3) is 11.3 Å². The van der Waals surface area contributed by atoms with Crippen LogP contribution >= 0.6 is 0 Å². The fourth-order valence-corrected chi connectivity index (χ4v) is 2.42. The molecule has 0 spiro atoms. The van der Waals surface area contributed by atoms with Gasteiger partial charge in [-0.1, -0.05) is 24.2 Å². The standard InChI is InChI=1S/C15H14F3NO2/c1-2-10-13(19-21-14(10)9-7-8-9)11-5-3-4-6-12(11)20-15(16,17)18/h3-6,9H,2,7-8H2,1H3. The lowest BCUT2D eigenvalue weighted by molar-refractivity contribution is -0.274. The first-order valence-electron chi connectivity index (χ1n) is 6.83. The van der Waals surface area contributed by atoms with Gasteiger partial charge in [-0.05, 0) is 31.4 Å². The van der Waals surface area contributed by atoms with Crippen molar-refractivity contribution < 1.29 is 22.4 Å². The van der Waals surface area contributed by atoms with E-state index >= 15 is 0 Å². The molecule has 1 saturated carbocycles. The van der Waals surface area contributed by atoms with Gasteiger partial charge in [0.25, 0.3) is 0 Å². The van der Waals surface area contributed by atoms with Gasteiger partial charge in [0.05, 0.1) is 0 Å². The van der Waals surface area contributed by atoms with Crippen LogP contribution in [0.15, 0.2) is 28.8 Å². The molecular weight excluding hydrogens is 283 g/mol. The lowest BCUT2D eigenvalue weighted by Gasteiger charge is -2.12. The largest absolute Gasteiger partial charge is 0.573 e. The third kappa shape index (κ3) is 2.89. The fraction of sp³-hybridized carbons (Fsp3) is 0.400. The summed E-state index contributed by atoms with van der Waals surface area (Å²) in [6.07, 6.45) is -1.98. The number of halogens is 3. The molecule has 3 rings (SSSR count). The van der Waals surface area contributed by atoms with E-state index in [1.807, 2.05) is 6.92 Å². The quantitative estimate of drug-likeness (QED) is 0.822. The highest BCUT2D eigenvalue weighted by atomic mass is 19.4. The Labute approximate surface area is 119 Å². The molecular formula is C15H14F3NO2. The van der Waals surface area contributed by atoms with Gasteiger partial charge in [0.15, 0.2) is 0 Å². The SMILES string of the molecule is CCc1c(-c2ccccc2OC(F)(F)F)noc1C1CC1. The molecule has 21 heavy (non-hydrogen) atoms. The zero-order valence-corrected chi connectivity index (χ0v) is 11.4. The predicted molar refractivity (Wildman–Crippen MR) is 70.0 cm³/mol. The third-order valence-electron chi connectivity index (χ3n) is 3.49. The van der Waals surface area contributed by atoms with E-state index in [1.54, 1.807) is 12.1 Å². The van der Waals surface area contributed by atoms with Crippen LogP contribution in [0.2, 0.25) is 0 Å². The Bertz CT molecular complexity index is 645. The van der Waals surface area contributed by atoms with E-state index in [-0.39, 0.29) is 5.75 Å². The molecule has 1 fully saturated rings. The van der Waals surface area contributed by atoms with E-state index in [0.717, 1.165) is 24.2 Å². The van der Waals surface area contributed by atoms with Crippen molar-refractivity contribution >= 4 is 0 Å². The first-order chi connectivity index (χ1) is 9.99. The lowest BCUT2D eigenvalue weighted by Crippen LogP contribution is -2.17. The number of hydrogen-bond donors (Lipinski definition) is 0. The third-order valence-corrected chi connectivity index (χ3v) is 3.49. The second-order valence-electron chi connectivity index (χ2n) is 5.05. The molecule has 0 saturated heterocycles. The van der Waals surface area contributed by atoms with Crippen molar-refractivity contribution in [3.8, 4) is 17.0 Å². The molecule has 1 aliphatic rings. The summed E-state index contributed by atoms with van der Waals surface area (Å²) in [5, 5.41) is 3.99. The second kappa shape index (κ2) is 5.09. The number of hydrogen-bond acceptors (Lipinski definition) is 3. The minimum absolute atomic E-state index is 0.254. The van der Waals surface area contributed by atoms with Crippen molar-refractivity contribution in [1.29, 1.82) is 0 Å². The highest BCUT2D eigenvalue weighted by Gasteiger charge is 2.35. The zero-order valence-electron chi connectivity index (χ0n) is 11.4. The van der Waals surface area contributed by atoms with Crippen LogP contribution in [0.1, 0.15) is 37.0 Å². The van der Waals surface area contributed by atoms with Gasteiger partial charge in [-0.15, -0.1) is 13.2 Å². The number of nitrogens with zero attached hydrogens (tertiary/aromatic N) is 1. The lowest BCUT2D eigenvalue weighted by atomic mass is 10.0. The summed E-state index contributed by atoms with van der Waals surface area (Å²) in [5.74, 6) is 0.904. The van der Waals surface area contributed by atoms with Gasteiger partial charge in [0.2, 0.25) is 0 Å². The van der Waals surface area contributed by atoms with Crippen LogP contribution in [-0.4, -0.2) is 11.5 Å². The number of benzene rings is 1. The summed E-state index contributed by atoms with van der Waals surface area (Å²) in [4.78, 5) is 0. The molecule has 0 amide bonds. The second-order valence-corrected chi connectivity index (χ2v) is 5.05. The van der Waals surface area contributed by atoms with Crippen LogP contribution in [0.5, 0.6) is 5.75 Å². The number of ether oxygens (including phenoxy) is 1. The minimum Gasteiger partial charge on any atom is -0.405 e. The highest BCUT2D eigenvalue weighted by Crippen LogP contribution is 2.45. The zero-order chi connectivity index (χ0) is 15.0. The number of alkyl halides is 3. The van der Waals surface area contributed by atoms with Gasteiger partial charge in [-0.2, -0.15) is 0 Å². The summed E-state index contributed by atoms with van der Waals surface area (Å²) < 4.78 is 46.9. The van der Waals surface area contributed by atoms with E-state index in [2.05, 4.69) is 9.89 Å². The number of para-hydroxylation sites is 1. The summed E-state index contributed by atoms with van der Waals surface area (Å²) in [5.41, 5.74) is 1.62. The van der Waals surface area contributed by atoms with Crippen molar-refractivity contribution in [3.05, 3.63) is 35.6 Å². The number of rotatable bonds is 4. The smallest absolute Gasteiger partial charge is 0.405 e. The van der Waals surface area contributed by atoms with Crippen molar-refractivity contribution in [3.63, 3.8) is 0 Å². The Morgan fingerprint density at radius 1 is 1.29 bits per heavy atom. The van der Waals surface area contributed by atoms with Gasteiger partial charge < -0.3 is 9.26 Å². The summed E-state index contributed by atoms with van der Waals surface area (Å²) >= 11 is 0. The maximum Gasteiger partial charge on any atom is 0.573 e. The molecule has 1 heterocycles. The molecule has 1 aromatic carbocycles. The van der Waals surface area contributed by atoms with Crippen LogP contribution in [-0.2, 0) is 6.42 Å². The van der Waals surface area contributed by atoms with Crippen molar-refractivity contribution in [2.45, 2.75) is 38.5 Å². The summed E-state index contributed by atoms with van der Waals surface area (Å²) in [6.45, 7) is 1.94. The maximum atomic E-state index is 12.5. The first kappa shape index (κ1) is 14.0. The van der Waals surface area contributed by atoms with E-state index < -0.39 is 6.36 Å².